The van der Waals surface area contributed by atoms with Crippen LogP contribution >= 0.6 is 22.9 Å². The van der Waals surface area contributed by atoms with Crippen molar-refractivity contribution in [1.82, 2.24) is 10.3 Å². The van der Waals surface area contributed by atoms with Gasteiger partial charge in [0, 0.05) is 5.88 Å². The molecule has 1 aromatic rings. The Morgan fingerprint density at radius 1 is 1.56 bits per heavy atom. The first kappa shape index (κ1) is 13.5. The van der Waals surface area contributed by atoms with Crippen molar-refractivity contribution in [2.75, 3.05) is 5.88 Å². The lowest BCUT2D eigenvalue weighted by molar-refractivity contribution is 0.0906. The maximum Gasteiger partial charge on any atom is 0.263 e. The molecule has 1 N–H and O–H groups in total. The molecule has 1 amide bonds. The first-order chi connectivity index (χ1) is 7.58. The van der Waals surface area contributed by atoms with Gasteiger partial charge in [-0.05, 0) is 19.8 Å². The maximum absolute atomic E-state index is 12.0. The zero-order chi connectivity index (χ0) is 12.2. The minimum Gasteiger partial charge on any atom is -0.345 e. The second kappa shape index (κ2) is 5.64. The standard InChI is InChI=1S/C11H17ClN2OS/c1-4-11(5-2,6-12)14-10(15)9-8(3)13-7-16-9/h7H,4-6H2,1-3H3,(H,14,15). The van der Waals surface area contributed by atoms with Crippen LogP contribution in [0.1, 0.15) is 42.1 Å². The molecule has 5 heteroatoms. The predicted molar refractivity (Wildman–Crippen MR) is 68.4 cm³/mol. The van der Waals surface area contributed by atoms with Crippen molar-refractivity contribution in [1.29, 1.82) is 0 Å². The number of rotatable bonds is 5. The van der Waals surface area contributed by atoms with Gasteiger partial charge >= 0.3 is 0 Å². The molecule has 90 valence electrons. The molecule has 0 saturated carbocycles. The number of carbonyl (C=O) groups excluding carboxylic acids is 1. The van der Waals surface area contributed by atoms with Crippen molar-refractivity contribution in [2.24, 2.45) is 0 Å². The lowest BCUT2D eigenvalue weighted by Crippen LogP contribution is -2.49. The van der Waals surface area contributed by atoms with Crippen molar-refractivity contribution in [3.8, 4) is 0 Å². The van der Waals surface area contributed by atoms with Crippen LogP contribution in [-0.2, 0) is 0 Å². The molecule has 0 aromatic carbocycles. The van der Waals surface area contributed by atoms with Gasteiger partial charge in [0.25, 0.3) is 5.91 Å². The molecule has 16 heavy (non-hydrogen) atoms. The number of aryl methyl sites for hydroxylation is 1. The lowest BCUT2D eigenvalue weighted by atomic mass is 9.95. The highest BCUT2D eigenvalue weighted by Crippen LogP contribution is 2.20. The molecular formula is C11H17ClN2OS. The first-order valence-corrected chi connectivity index (χ1v) is 6.78. The molecule has 0 fully saturated rings. The summed E-state index contributed by atoms with van der Waals surface area (Å²) in [5, 5.41) is 3.02. The largest absolute Gasteiger partial charge is 0.345 e. The average molecular weight is 261 g/mol. The number of aromatic nitrogens is 1. The summed E-state index contributed by atoms with van der Waals surface area (Å²) in [5.74, 6) is 0.369. The summed E-state index contributed by atoms with van der Waals surface area (Å²) in [6, 6.07) is 0. The molecule has 0 saturated heterocycles. The van der Waals surface area contributed by atoms with Crippen molar-refractivity contribution in [3.63, 3.8) is 0 Å². The Hall–Kier alpha value is -0.610. The van der Waals surface area contributed by atoms with Crippen LogP contribution in [0.15, 0.2) is 5.51 Å². The third-order valence-corrected chi connectivity index (χ3v) is 4.38. The minimum atomic E-state index is -0.297. The van der Waals surface area contributed by atoms with Gasteiger partial charge in [0.2, 0.25) is 0 Å². The normalized spacial score (nSPS) is 11.5. The maximum atomic E-state index is 12.0. The van der Waals surface area contributed by atoms with Crippen molar-refractivity contribution in [3.05, 3.63) is 16.1 Å². The van der Waals surface area contributed by atoms with Crippen molar-refractivity contribution >= 4 is 28.8 Å². The Morgan fingerprint density at radius 3 is 2.56 bits per heavy atom. The van der Waals surface area contributed by atoms with E-state index in [1.165, 1.54) is 11.3 Å². The molecule has 0 aliphatic rings. The van der Waals surface area contributed by atoms with Gasteiger partial charge in [0.15, 0.2) is 0 Å². The Labute approximate surface area is 105 Å². The number of alkyl halides is 1. The van der Waals surface area contributed by atoms with Crippen LogP contribution in [0.2, 0.25) is 0 Å². The van der Waals surface area contributed by atoms with Crippen LogP contribution < -0.4 is 5.32 Å². The van der Waals surface area contributed by atoms with Gasteiger partial charge in [-0.2, -0.15) is 0 Å². The van der Waals surface area contributed by atoms with Crippen molar-refractivity contribution in [2.45, 2.75) is 39.2 Å². The molecule has 3 nitrogen and oxygen atoms in total. The fourth-order valence-electron chi connectivity index (χ4n) is 1.47. The van der Waals surface area contributed by atoms with Gasteiger partial charge in [0.05, 0.1) is 16.7 Å². The number of amides is 1. The summed E-state index contributed by atoms with van der Waals surface area (Å²) in [6.45, 7) is 5.91. The highest BCUT2D eigenvalue weighted by Gasteiger charge is 2.28. The third kappa shape index (κ3) is 2.74. The quantitative estimate of drug-likeness (QED) is 0.827. The van der Waals surface area contributed by atoms with E-state index in [4.69, 9.17) is 11.6 Å². The number of hydrogen-bond donors (Lipinski definition) is 1. The van der Waals surface area contributed by atoms with Crippen LogP contribution in [0.3, 0.4) is 0 Å². The van der Waals surface area contributed by atoms with E-state index in [1.807, 2.05) is 20.8 Å². The molecule has 0 unspecified atom stereocenters. The monoisotopic (exact) mass is 260 g/mol. The molecule has 1 heterocycles. The Balaban J connectivity index is 2.81. The van der Waals surface area contributed by atoms with E-state index in [-0.39, 0.29) is 11.4 Å². The van der Waals surface area contributed by atoms with E-state index in [0.29, 0.717) is 10.8 Å². The fourth-order valence-corrected chi connectivity index (χ4v) is 2.61. The van der Waals surface area contributed by atoms with E-state index in [2.05, 4.69) is 10.3 Å². The van der Waals surface area contributed by atoms with E-state index < -0.39 is 0 Å². The average Bonchev–Trinajstić information content (AvgIpc) is 2.72. The number of nitrogens with zero attached hydrogens (tertiary/aromatic N) is 1. The Morgan fingerprint density at radius 2 is 2.19 bits per heavy atom. The molecule has 0 aliphatic heterocycles. The fraction of sp³-hybridized carbons (Fsp3) is 0.636. The smallest absolute Gasteiger partial charge is 0.263 e. The summed E-state index contributed by atoms with van der Waals surface area (Å²) in [7, 11) is 0. The number of hydrogen-bond acceptors (Lipinski definition) is 3. The van der Waals surface area contributed by atoms with Crippen LogP contribution in [0.4, 0.5) is 0 Å². The summed E-state index contributed by atoms with van der Waals surface area (Å²) < 4.78 is 0. The van der Waals surface area contributed by atoms with Gasteiger partial charge in [-0.3, -0.25) is 4.79 Å². The number of halogens is 1. The highest BCUT2D eigenvalue weighted by atomic mass is 35.5. The van der Waals surface area contributed by atoms with Crippen LogP contribution in [-0.4, -0.2) is 22.3 Å². The van der Waals surface area contributed by atoms with Crippen LogP contribution in [0.25, 0.3) is 0 Å². The second-order valence-corrected chi connectivity index (χ2v) is 4.96. The van der Waals surface area contributed by atoms with Gasteiger partial charge in [-0.25, -0.2) is 4.98 Å². The molecular weight excluding hydrogens is 244 g/mol. The van der Waals surface area contributed by atoms with Gasteiger partial charge in [0.1, 0.15) is 4.88 Å². The zero-order valence-electron chi connectivity index (χ0n) is 9.84. The first-order valence-electron chi connectivity index (χ1n) is 5.37. The van der Waals surface area contributed by atoms with Crippen molar-refractivity contribution < 1.29 is 4.79 Å². The molecule has 1 aromatic heterocycles. The van der Waals surface area contributed by atoms with Crippen LogP contribution in [0, 0.1) is 6.92 Å². The van der Waals surface area contributed by atoms with E-state index in [9.17, 15) is 4.79 Å². The number of thiazole rings is 1. The van der Waals surface area contributed by atoms with Gasteiger partial charge < -0.3 is 5.32 Å². The van der Waals surface area contributed by atoms with E-state index in [0.717, 1.165) is 18.5 Å². The molecule has 0 atom stereocenters. The molecule has 0 spiro atoms. The summed E-state index contributed by atoms with van der Waals surface area (Å²) in [4.78, 5) is 16.8. The zero-order valence-corrected chi connectivity index (χ0v) is 11.4. The summed E-state index contributed by atoms with van der Waals surface area (Å²) >= 11 is 7.31. The third-order valence-electron chi connectivity index (χ3n) is 2.94. The van der Waals surface area contributed by atoms with Crippen LogP contribution in [0.5, 0.6) is 0 Å². The topological polar surface area (TPSA) is 42.0 Å². The molecule has 0 bridgehead atoms. The lowest BCUT2D eigenvalue weighted by Gasteiger charge is -2.30. The Kier molecular flexibility index (Phi) is 4.74. The highest BCUT2D eigenvalue weighted by molar-refractivity contribution is 7.11. The van der Waals surface area contributed by atoms with E-state index in [1.54, 1.807) is 5.51 Å². The summed E-state index contributed by atoms with van der Waals surface area (Å²) in [6.07, 6.45) is 1.66. The minimum absolute atomic E-state index is 0.0654. The Bertz CT molecular complexity index is 352. The molecule has 0 aliphatic carbocycles. The van der Waals surface area contributed by atoms with E-state index >= 15 is 0 Å². The SMILES string of the molecule is CCC(CC)(CCl)NC(=O)c1scnc1C. The number of carbonyl (C=O) groups is 1. The predicted octanol–water partition coefficient (Wildman–Crippen LogP) is 2.98. The van der Waals surface area contributed by atoms with Gasteiger partial charge in [-0.1, -0.05) is 13.8 Å². The second-order valence-electron chi connectivity index (χ2n) is 3.84. The summed E-state index contributed by atoms with van der Waals surface area (Å²) in [5.41, 5.74) is 2.16. The number of nitrogens with one attached hydrogen (secondary N) is 1. The molecule has 1 rings (SSSR count). The molecule has 0 radical (unpaired) electrons. The van der Waals surface area contributed by atoms with Gasteiger partial charge in [-0.15, -0.1) is 22.9 Å².